The van der Waals surface area contributed by atoms with Crippen molar-refractivity contribution in [3.05, 3.63) is 69.8 Å². The predicted octanol–water partition coefficient (Wildman–Crippen LogP) is 4.90. The van der Waals surface area contributed by atoms with E-state index >= 15 is 0 Å². The van der Waals surface area contributed by atoms with E-state index in [1.807, 2.05) is 12.1 Å². The number of halogens is 2. The first kappa shape index (κ1) is 19.1. The molecule has 0 unspecified atom stereocenters. The number of hydrogen-bond donors (Lipinski definition) is 1. The Hall–Kier alpha value is -2.63. The molecule has 0 fully saturated rings. The number of anilines is 1. The van der Waals surface area contributed by atoms with Gasteiger partial charge in [0.25, 0.3) is 5.91 Å². The molecule has 2 aromatic carbocycles. The average molecular weight is 403 g/mol. The topological polar surface area (TPSA) is 68.3 Å². The molecule has 1 amide bonds. The first-order valence-electron chi connectivity index (χ1n) is 8.28. The van der Waals surface area contributed by atoms with Gasteiger partial charge in [0.2, 0.25) is 0 Å². The number of nitrogens with zero attached hydrogens (tertiary/aromatic N) is 1. The van der Waals surface area contributed by atoms with Crippen LogP contribution >= 0.6 is 23.2 Å². The fraction of sp³-hybridized carbons (Fsp3) is 0.150. The standard InChI is InChI=1S/C20H16Cl2N2O3/c1-2-27-17(25)10-12-9-13-5-3-8-16(19(13)23-11-12)24-20(26)18-14(21)6-4-7-15(18)22/h3-9,11H,2,10H2,1H3,(H,24,26). The number of para-hydroxylation sites is 1. The summed E-state index contributed by atoms with van der Waals surface area (Å²) in [5, 5.41) is 4.13. The van der Waals surface area contributed by atoms with Gasteiger partial charge in [-0.15, -0.1) is 0 Å². The highest BCUT2D eigenvalue weighted by molar-refractivity contribution is 6.40. The van der Waals surface area contributed by atoms with Crippen LogP contribution in [0.5, 0.6) is 0 Å². The summed E-state index contributed by atoms with van der Waals surface area (Å²) in [6.45, 7) is 2.09. The molecule has 5 nitrogen and oxygen atoms in total. The minimum absolute atomic E-state index is 0.141. The number of carbonyl (C=O) groups is 2. The number of amides is 1. The molecule has 138 valence electrons. The molecule has 0 aliphatic carbocycles. The van der Waals surface area contributed by atoms with Gasteiger partial charge in [-0.1, -0.05) is 41.4 Å². The van der Waals surface area contributed by atoms with Gasteiger partial charge in [0, 0.05) is 11.6 Å². The van der Waals surface area contributed by atoms with Crippen LogP contribution < -0.4 is 5.32 Å². The molecule has 0 atom stereocenters. The minimum Gasteiger partial charge on any atom is -0.466 e. The van der Waals surface area contributed by atoms with E-state index in [0.717, 1.165) is 10.9 Å². The molecule has 3 rings (SSSR count). The quantitative estimate of drug-likeness (QED) is 0.616. The van der Waals surface area contributed by atoms with Gasteiger partial charge in [0.15, 0.2) is 0 Å². The Morgan fingerprint density at radius 2 is 1.81 bits per heavy atom. The highest BCUT2D eigenvalue weighted by Gasteiger charge is 2.16. The maximum absolute atomic E-state index is 12.6. The molecule has 0 saturated heterocycles. The van der Waals surface area contributed by atoms with E-state index in [9.17, 15) is 9.59 Å². The molecule has 0 aliphatic rings. The van der Waals surface area contributed by atoms with Crippen molar-refractivity contribution in [2.45, 2.75) is 13.3 Å². The van der Waals surface area contributed by atoms with Crippen molar-refractivity contribution in [2.24, 2.45) is 0 Å². The number of fused-ring (bicyclic) bond motifs is 1. The monoisotopic (exact) mass is 402 g/mol. The van der Waals surface area contributed by atoms with Crippen LogP contribution in [0.15, 0.2) is 48.7 Å². The van der Waals surface area contributed by atoms with Crippen molar-refractivity contribution in [2.75, 3.05) is 11.9 Å². The Morgan fingerprint density at radius 3 is 2.52 bits per heavy atom. The van der Waals surface area contributed by atoms with E-state index in [0.29, 0.717) is 17.8 Å². The van der Waals surface area contributed by atoms with Crippen molar-refractivity contribution in [1.82, 2.24) is 4.98 Å². The Labute approximate surface area is 166 Å². The smallest absolute Gasteiger partial charge is 0.310 e. The highest BCUT2D eigenvalue weighted by Crippen LogP contribution is 2.27. The fourth-order valence-corrected chi connectivity index (χ4v) is 3.25. The lowest BCUT2D eigenvalue weighted by molar-refractivity contribution is -0.142. The number of ether oxygens (including phenoxy) is 1. The van der Waals surface area contributed by atoms with Gasteiger partial charge in [-0.05, 0) is 36.8 Å². The van der Waals surface area contributed by atoms with Gasteiger partial charge in [-0.3, -0.25) is 14.6 Å². The largest absolute Gasteiger partial charge is 0.466 e. The van der Waals surface area contributed by atoms with E-state index < -0.39 is 5.91 Å². The third-order valence-electron chi connectivity index (χ3n) is 3.86. The van der Waals surface area contributed by atoms with E-state index in [-0.39, 0.29) is 28.0 Å². The number of benzene rings is 2. The molecule has 1 aromatic heterocycles. The summed E-state index contributed by atoms with van der Waals surface area (Å²) in [4.78, 5) is 28.7. The summed E-state index contributed by atoms with van der Waals surface area (Å²) >= 11 is 12.2. The zero-order chi connectivity index (χ0) is 19.4. The van der Waals surface area contributed by atoms with Gasteiger partial charge >= 0.3 is 5.97 Å². The van der Waals surface area contributed by atoms with Gasteiger partial charge in [0.05, 0.1) is 39.8 Å². The van der Waals surface area contributed by atoms with Gasteiger partial charge in [-0.2, -0.15) is 0 Å². The first-order valence-corrected chi connectivity index (χ1v) is 9.04. The number of carbonyl (C=O) groups excluding carboxylic acids is 2. The van der Waals surface area contributed by atoms with Crippen LogP contribution in [0.25, 0.3) is 10.9 Å². The van der Waals surface area contributed by atoms with Gasteiger partial charge in [0.1, 0.15) is 0 Å². The van der Waals surface area contributed by atoms with E-state index in [1.54, 1.807) is 43.5 Å². The molecule has 0 radical (unpaired) electrons. The van der Waals surface area contributed by atoms with Crippen LogP contribution in [0.2, 0.25) is 10.0 Å². The molecule has 0 spiro atoms. The SMILES string of the molecule is CCOC(=O)Cc1cnc2c(NC(=O)c3c(Cl)cccc3Cl)cccc2c1. The second-order valence-corrected chi connectivity index (χ2v) is 6.57. The average Bonchev–Trinajstić information content (AvgIpc) is 2.62. The van der Waals surface area contributed by atoms with Crippen molar-refractivity contribution in [1.29, 1.82) is 0 Å². The van der Waals surface area contributed by atoms with Crippen molar-refractivity contribution < 1.29 is 14.3 Å². The molecule has 0 saturated carbocycles. The van der Waals surface area contributed by atoms with Gasteiger partial charge < -0.3 is 10.1 Å². The summed E-state index contributed by atoms with van der Waals surface area (Å²) in [5.74, 6) is -0.730. The number of aromatic nitrogens is 1. The number of pyridine rings is 1. The Morgan fingerprint density at radius 1 is 1.11 bits per heavy atom. The molecule has 7 heteroatoms. The second kappa shape index (κ2) is 8.37. The molecule has 27 heavy (non-hydrogen) atoms. The first-order chi connectivity index (χ1) is 13.0. The molecule has 0 bridgehead atoms. The molecular weight excluding hydrogens is 387 g/mol. The molecule has 1 N–H and O–H groups in total. The maximum Gasteiger partial charge on any atom is 0.310 e. The number of rotatable bonds is 5. The zero-order valence-electron chi connectivity index (χ0n) is 14.5. The summed E-state index contributed by atoms with van der Waals surface area (Å²) in [7, 11) is 0. The normalized spacial score (nSPS) is 10.6. The molecule has 3 aromatic rings. The maximum atomic E-state index is 12.6. The van der Waals surface area contributed by atoms with Crippen LogP contribution in [0, 0.1) is 0 Å². The summed E-state index contributed by atoms with van der Waals surface area (Å²) in [5.41, 5.74) is 2.06. The number of hydrogen-bond acceptors (Lipinski definition) is 4. The minimum atomic E-state index is -0.421. The van der Waals surface area contributed by atoms with Crippen molar-refractivity contribution >= 4 is 51.7 Å². The third kappa shape index (κ3) is 4.38. The predicted molar refractivity (Wildman–Crippen MR) is 106 cm³/mol. The number of esters is 1. The third-order valence-corrected chi connectivity index (χ3v) is 4.49. The lowest BCUT2D eigenvalue weighted by atomic mass is 10.1. The lowest BCUT2D eigenvalue weighted by Crippen LogP contribution is -2.13. The number of nitrogens with one attached hydrogen (secondary N) is 1. The Bertz CT molecular complexity index is 1000. The molecular formula is C20H16Cl2N2O3. The van der Waals surface area contributed by atoms with Crippen LogP contribution in [0.4, 0.5) is 5.69 Å². The summed E-state index contributed by atoms with van der Waals surface area (Å²) < 4.78 is 4.96. The second-order valence-electron chi connectivity index (χ2n) is 5.75. The highest BCUT2D eigenvalue weighted by atomic mass is 35.5. The van der Waals surface area contributed by atoms with E-state index in [1.165, 1.54) is 0 Å². The summed E-state index contributed by atoms with van der Waals surface area (Å²) in [6.07, 6.45) is 1.74. The van der Waals surface area contributed by atoms with Crippen LogP contribution in [-0.4, -0.2) is 23.5 Å². The van der Waals surface area contributed by atoms with Crippen LogP contribution in [0.1, 0.15) is 22.8 Å². The zero-order valence-corrected chi connectivity index (χ0v) is 16.0. The van der Waals surface area contributed by atoms with Crippen LogP contribution in [0.3, 0.4) is 0 Å². The van der Waals surface area contributed by atoms with Crippen molar-refractivity contribution in [3.8, 4) is 0 Å². The Balaban J connectivity index is 1.89. The van der Waals surface area contributed by atoms with Crippen molar-refractivity contribution in [3.63, 3.8) is 0 Å². The fourth-order valence-electron chi connectivity index (χ4n) is 2.68. The Kier molecular flexibility index (Phi) is 5.94. The van der Waals surface area contributed by atoms with E-state index in [2.05, 4.69) is 10.3 Å². The molecule has 1 heterocycles. The van der Waals surface area contributed by atoms with Gasteiger partial charge in [-0.25, -0.2) is 0 Å². The summed E-state index contributed by atoms with van der Waals surface area (Å²) in [6, 6.07) is 12.1. The van der Waals surface area contributed by atoms with Crippen LogP contribution in [-0.2, 0) is 16.0 Å². The lowest BCUT2D eigenvalue weighted by Gasteiger charge is -2.11. The molecule has 0 aliphatic heterocycles. The van der Waals surface area contributed by atoms with E-state index in [4.69, 9.17) is 27.9 Å².